The molecule has 146 valence electrons. The number of carbonyl (C=O) groups excluding carboxylic acids is 1. The van der Waals surface area contributed by atoms with Crippen LogP contribution < -0.4 is 9.47 Å². The van der Waals surface area contributed by atoms with Gasteiger partial charge in [-0.2, -0.15) is 4.31 Å². The standard InChI is InChI=1S/C16H24N2O7S/c1-5-26(22,23)17(2)10-15(19)18(11-16(20)21)9-12-6-13(24-3)8-14(7-12)25-4/h6-8H,5,9-11H2,1-4H3,(H,20,21). The maximum atomic E-state index is 12.5. The van der Waals surface area contributed by atoms with Crippen LogP contribution in [-0.4, -0.2) is 74.7 Å². The largest absolute Gasteiger partial charge is 0.497 e. The Bertz CT molecular complexity index is 727. The van der Waals surface area contributed by atoms with Crippen molar-refractivity contribution in [3.05, 3.63) is 23.8 Å². The minimum Gasteiger partial charge on any atom is -0.497 e. The van der Waals surface area contributed by atoms with E-state index in [0.717, 1.165) is 9.21 Å². The first-order chi connectivity index (χ1) is 12.1. The molecule has 0 unspecified atom stereocenters. The number of likely N-dealkylation sites (N-methyl/N-ethyl adjacent to an activating group) is 1. The van der Waals surface area contributed by atoms with Gasteiger partial charge in [-0.05, 0) is 24.6 Å². The van der Waals surface area contributed by atoms with Crippen molar-refractivity contribution in [3.8, 4) is 11.5 Å². The third-order valence-electron chi connectivity index (χ3n) is 3.66. The highest BCUT2D eigenvalue weighted by Gasteiger charge is 2.24. The topological polar surface area (TPSA) is 113 Å². The molecule has 0 atom stereocenters. The van der Waals surface area contributed by atoms with E-state index >= 15 is 0 Å². The van der Waals surface area contributed by atoms with E-state index in [1.165, 1.54) is 28.2 Å². The molecule has 0 heterocycles. The number of amides is 1. The Kier molecular flexibility index (Phi) is 7.84. The van der Waals surface area contributed by atoms with Gasteiger partial charge in [0, 0.05) is 19.7 Å². The second kappa shape index (κ2) is 9.39. The maximum Gasteiger partial charge on any atom is 0.323 e. The number of carboxylic acids is 1. The lowest BCUT2D eigenvalue weighted by Crippen LogP contribution is -2.43. The minimum atomic E-state index is -3.55. The quantitative estimate of drug-likeness (QED) is 0.617. The summed E-state index contributed by atoms with van der Waals surface area (Å²) < 4.78 is 34.8. The Morgan fingerprint density at radius 1 is 1.08 bits per heavy atom. The fourth-order valence-corrected chi connectivity index (χ4v) is 2.93. The molecule has 0 aliphatic carbocycles. The lowest BCUT2D eigenvalue weighted by Gasteiger charge is -2.24. The van der Waals surface area contributed by atoms with Crippen LogP contribution in [0.2, 0.25) is 0 Å². The highest BCUT2D eigenvalue weighted by Crippen LogP contribution is 2.23. The zero-order valence-corrected chi connectivity index (χ0v) is 16.1. The predicted octanol–water partition coefficient (Wildman–Crippen LogP) is 0.399. The summed E-state index contributed by atoms with van der Waals surface area (Å²) in [4.78, 5) is 24.6. The van der Waals surface area contributed by atoms with Crippen molar-refractivity contribution >= 4 is 21.9 Å². The normalized spacial score (nSPS) is 11.3. The molecule has 0 saturated carbocycles. The fourth-order valence-electron chi connectivity index (χ4n) is 2.18. The molecule has 0 aliphatic rings. The number of ether oxygens (including phenoxy) is 2. The van der Waals surface area contributed by atoms with Crippen LogP contribution in [0.4, 0.5) is 0 Å². The van der Waals surface area contributed by atoms with Gasteiger partial charge >= 0.3 is 5.97 Å². The third kappa shape index (κ3) is 6.19. The van der Waals surface area contributed by atoms with Gasteiger partial charge in [-0.1, -0.05) is 0 Å². The molecular formula is C16H24N2O7S. The van der Waals surface area contributed by atoms with Crippen LogP contribution in [0.1, 0.15) is 12.5 Å². The molecule has 1 aromatic rings. The first-order valence-corrected chi connectivity index (χ1v) is 9.39. The number of carbonyl (C=O) groups is 2. The van der Waals surface area contributed by atoms with Crippen LogP contribution >= 0.6 is 0 Å². The summed E-state index contributed by atoms with van der Waals surface area (Å²) >= 11 is 0. The summed E-state index contributed by atoms with van der Waals surface area (Å²) in [6, 6.07) is 4.95. The van der Waals surface area contributed by atoms with E-state index in [2.05, 4.69) is 0 Å². The number of aliphatic carboxylic acids is 1. The number of hydrogen-bond acceptors (Lipinski definition) is 6. The average molecular weight is 388 g/mol. The van der Waals surface area contributed by atoms with Crippen LogP contribution in [0.3, 0.4) is 0 Å². The van der Waals surface area contributed by atoms with Crippen molar-refractivity contribution < 1.29 is 32.6 Å². The van der Waals surface area contributed by atoms with Crippen LogP contribution in [0.15, 0.2) is 18.2 Å². The molecule has 0 aromatic heterocycles. The van der Waals surface area contributed by atoms with Crippen molar-refractivity contribution in [2.75, 3.05) is 40.1 Å². The summed E-state index contributed by atoms with van der Waals surface area (Å²) in [5, 5.41) is 9.08. The molecule has 0 spiro atoms. The van der Waals surface area contributed by atoms with Crippen molar-refractivity contribution in [1.82, 2.24) is 9.21 Å². The summed E-state index contributed by atoms with van der Waals surface area (Å²) in [7, 11) is 0.682. The molecule has 1 N–H and O–H groups in total. The van der Waals surface area contributed by atoms with Gasteiger partial charge in [0.1, 0.15) is 18.0 Å². The van der Waals surface area contributed by atoms with Crippen LogP contribution in [0.5, 0.6) is 11.5 Å². The first-order valence-electron chi connectivity index (χ1n) is 7.78. The maximum absolute atomic E-state index is 12.5. The number of methoxy groups -OCH3 is 2. The molecule has 0 bridgehead atoms. The lowest BCUT2D eigenvalue weighted by atomic mass is 10.2. The molecule has 0 radical (unpaired) electrons. The number of carboxylic acid groups (broad SMARTS) is 1. The van der Waals surface area contributed by atoms with Gasteiger partial charge in [0.25, 0.3) is 0 Å². The number of hydrogen-bond donors (Lipinski definition) is 1. The van der Waals surface area contributed by atoms with E-state index in [1.807, 2.05) is 0 Å². The summed E-state index contributed by atoms with van der Waals surface area (Å²) in [5.74, 6) is -0.980. The van der Waals surface area contributed by atoms with Crippen molar-refractivity contribution in [3.63, 3.8) is 0 Å². The molecule has 1 rings (SSSR count). The SMILES string of the molecule is CCS(=O)(=O)N(C)CC(=O)N(CC(=O)O)Cc1cc(OC)cc(OC)c1. The van der Waals surface area contributed by atoms with Crippen LogP contribution in [0, 0.1) is 0 Å². The minimum absolute atomic E-state index is 0.0291. The van der Waals surface area contributed by atoms with Crippen molar-refractivity contribution in [2.24, 2.45) is 0 Å². The molecular weight excluding hydrogens is 364 g/mol. The summed E-state index contributed by atoms with van der Waals surface area (Å²) in [6.45, 7) is 0.440. The zero-order chi connectivity index (χ0) is 19.9. The monoisotopic (exact) mass is 388 g/mol. The van der Waals surface area contributed by atoms with Gasteiger partial charge in [-0.25, -0.2) is 8.42 Å². The molecule has 1 aromatic carbocycles. The van der Waals surface area contributed by atoms with E-state index in [9.17, 15) is 18.0 Å². The Balaban J connectivity index is 3.03. The van der Waals surface area contributed by atoms with Gasteiger partial charge < -0.3 is 19.5 Å². The number of sulfonamides is 1. The van der Waals surface area contributed by atoms with Gasteiger partial charge in [0.2, 0.25) is 15.9 Å². The number of benzene rings is 1. The zero-order valence-electron chi connectivity index (χ0n) is 15.3. The third-order valence-corrected chi connectivity index (χ3v) is 5.47. The second-order valence-electron chi connectivity index (χ2n) is 5.52. The van der Waals surface area contributed by atoms with Gasteiger partial charge in [0.15, 0.2) is 0 Å². The molecule has 26 heavy (non-hydrogen) atoms. The van der Waals surface area contributed by atoms with Crippen molar-refractivity contribution in [1.29, 1.82) is 0 Å². The smallest absolute Gasteiger partial charge is 0.323 e. The Morgan fingerprint density at radius 2 is 1.62 bits per heavy atom. The van der Waals surface area contributed by atoms with Gasteiger partial charge in [-0.3, -0.25) is 9.59 Å². The first kappa shape index (κ1) is 21.7. The Morgan fingerprint density at radius 3 is 2.04 bits per heavy atom. The second-order valence-corrected chi connectivity index (χ2v) is 7.89. The summed E-state index contributed by atoms with van der Waals surface area (Å²) in [5.41, 5.74) is 0.594. The molecule has 0 aliphatic heterocycles. The molecule has 0 saturated heterocycles. The highest BCUT2D eigenvalue weighted by atomic mass is 32.2. The predicted molar refractivity (Wildman–Crippen MR) is 94.7 cm³/mol. The Labute approximate surface area is 153 Å². The molecule has 10 heteroatoms. The van der Waals surface area contributed by atoms with Gasteiger partial charge in [-0.15, -0.1) is 0 Å². The fraction of sp³-hybridized carbons (Fsp3) is 0.500. The number of rotatable bonds is 10. The van der Waals surface area contributed by atoms with Gasteiger partial charge in [0.05, 0.1) is 26.5 Å². The molecule has 9 nitrogen and oxygen atoms in total. The van der Waals surface area contributed by atoms with E-state index in [0.29, 0.717) is 17.1 Å². The number of nitrogens with zero attached hydrogens (tertiary/aromatic N) is 2. The van der Waals surface area contributed by atoms with E-state index in [4.69, 9.17) is 14.6 Å². The summed E-state index contributed by atoms with van der Waals surface area (Å²) in [6.07, 6.45) is 0. The van der Waals surface area contributed by atoms with E-state index in [-0.39, 0.29) is 12.3 Å². The highest BCUT2D eigenvalue weighted by molar-refractivity contribution is 7.89. The van der Waals surface area contributed by atoms with E-state index in [1.54, 1.807) is 18.2 Å². The Hall–Kier alpha value is -2.33. The van der Waals surface area contributed by atoms with Crippen LogP contribution in [-0.2, 0) is 26.2 Å². The molecule has 0 fully saturated rings. The lowest BCUT2D eigenvalue weighted by molar-refractivity contribution is -0.144. The average Bonchev–Trinajstić information content (AvgIpc) is 2.60. The molecule has 1 amide bonds. The van der Waals surface area contributed by atoms with E-state index < -0.39 is 35.0 Å². The van der Waals surface area contributed by atoms with Crippen LogP contribution in [0.25, 0.3) is 0 Å². The van der Waals surface area contributed by atoms with Crippen molar-refractivity contribution in [2.45, 2.75) is 13.5 Å².